The summed E-state index contributed by atoms with van der Waals surface area (Å²) in [6.45, 7) is 2.70. The number of rotatable bonds is 4. The molecule has 0 unspecified atom stereocenters. The highest BCUT2D eigenvalue weighted by Crippen LogP contribution is 2.29. The Morgan fingerprint density at radius 2 is 2.33 bits per heavy atom. The van der Waals surface area contributed by atoms with E-state index in [1.54, 1.807) is 12.4 Å². The Bertz CT molecular complexity index is 615. The van der Waals surface area contributed by atoms with Crippen LogP contribution in [0.15, 0.2) is 30.9 Å². The molecule has 0 saturated carbocycles. The smallest absolute Gasteiger partial charge is 0.141 e. The third-order valence-corrected chi connectivity index (χ3v) is 3.89. The van der Waals surface area contributed by atoms with Crippen LogP contribution in [0.25, 0.3) is 0 Å². The SMILES string of the molecule is C[C@@H](N[C@H]1CCO[C@@H]1c1nccn1C)c1cncc(F)c1. The Balaban J connectivity index is 1.73. The first-order valence-corrected chi connectivity index (χ1v) is 7.10. The number of ether oxygens (including phenoxy) is 1. The average Bonchev–Trinajstić information content (AvgIpc) is 3.07. The summed E-state index contributed by atoms with van der Waals surface area (Å²) >= 11 is 0. The van der Waals surface area contributed by atoms with E-state index in [1.165, 1.54) is 12.3 Å². The van der Waals surface area contributed by atoms with E-state index >= 15 is 0 Å². The second-order valence-electron chi connectivity index (χ2n) is 5.41. The molecule has 1 N–H and O–H groups in total. The van der Waals surface area contributed by atoms with Gasteiger partial charge in [0.2, 0.25) is 0 Å². The van der Waals surface area contributed by atoms with Gasteiger partial charge in [-0.25, -0.2) is 9.37 Å². The van der Waals surface area contributed by atoms with E-state index in [1.807, 2.05) is 24.7 Å². The molecule has 5 nitrogen and oxygen atoms in total. The lowest BCUT2D eigenvalue weighted by Gasteiger charge is -2.24. The van der Waals surface area contributed by atoms with Crippen LogP contribution in [-0.4, -0.2) is 27.2 Å². The predicted molar refractivity (Wildman–Crippen MR) is 76.1 cm³/mol. The van der Waals surface area contributed by atoms with E-state index in [0.29, 0.717) is 6.61 Å². The maximum absolute atomic E-state index is 13.3. The first-order valence-electron chi connectivity index (χ1n) is 7.10. The highest BCUT2D eigenvalue weighted by atomic mass is 19.1. The molecule has 0 aromatic carbocycles. The minimum Gasteiger partial charge on any atom is -0.369 e. The van der Waals surface area contributed by atoms with E-state index in [4.69, 9.17) is 4.74 Å². The molecule has 1 fully saturated rings. The predicted octanol–water partition coefficient (Wildman–Crippen LogP) is 2.13. The molecule has 3 heterocycles. The van der Waals surface area contributed by atoms with Gasteiger partial charge in [0.05, 0.1) is 6.20 Å². The topological polar surface area (TPSA) is 52.0 Å². The van der Waals surface area contributed by atoms with E-state index in [2.05, 4.69) is 15.3 Å². The van der Waals surface area contributed by atoms with Gasteiger partial charge in [-0.3, -0.25) is 4.98 Å². The number of aryl methyl sites for hydroxylation is 1. The number of nitrogens with one attached hydrogen (secondary N) is 1. The largest absolute Gasteiger partial charge is 0.369 e. The molecule has 21 heavy (non-hydrogen) atoms. The molecule has 2 aromatic heterocycles. The molecule has 2 aromatic rings. The number of aromatic nitrogens is 3. The van der Waals surface area contributed by atoms with Crippen molar-refractivity contribution in [3.8, 4) is 0 Å². The number of halogens is 1. The van der Waals surface area contributed by atoms with E-state index in [-0.39, 0.29) is 24.0 Å². The van der Waals surface area contributed by atoms with Crippen molar-refractivity contribution < 1.29 is 9.13 Å². The fourth-order valence-electron chi connectivity index (χ4n) is 2.75. The molecule has 6 heteroatoms. The molecular formula is C15H19FN4O. The highest BCUT2D eigenvalue weighted by Gasteiger charge is 2.33. The maximum atomic E-state index is 13.3. The standard InChI is InChI=1S/C15H19FN4O/c1-10(11-7-12(16)9-17-8-11)19-13-3-6-21-14(13)15-18-4-5-20(15)2/h4-5,7-10,13-14,19H,3,6H2,1-2H3/t10-,13+,14+/m1/s1. The van der Waals surface area contributed by atoms with Gasteiger partial charge < -0.3 is 14.6 Å². The first kappa shape index (κ1) is 14.2. The second-order valence-corrected chi connectivity index (χ2v) is 5.41. The van der Waals surface area contributed by atoms with Gasteiger partial charge in [-0.05, 0) is 25.0 Å². The van der Waals surface area contributed by atoms with Crippen molar-refractivity contribution in [2.24, 2.45) is 7.05 Å². The van der Waals surface area contributed by atoms with Crippen molar-refractivity contribution in [3.63, 3.8) is 0 Å². The molecule has 3 rings (SSSR count). The summed E-state index contributed by atoms with van der Waals surface area (Å²) in [5.74, 6) is 0.596. The third kappa shape index (κ3) is 2.96. The Morgan fingerprint density at radius 1 is 1.48 bits per heavy atom. The Labute approximate surface area is 123 Å². The summed E-state index contributed by atoms with van der Waals surface area (Å²) < 4.78 is 21.1. The molecule has 112 valence electrons. The van der Waals surface area contributed by atoms with Crippen molar-refractivity contribution in [1.29, 1.82) is 0 Å². The molecule has 0 radical (unpaired) electrons. The number of hydrogen-bond donors (Lipinski definition) is 1. The molecule has 0 amide bonds. The van der Waals surface area contributed by atoms with Crippen molar-refractivity contribution in [3.05, 3.63) is 48.1 Å². The molecule has 0 aliphatic carbocycles. The van der Waals surface area contributed by atoms with Crippen LogP contribution in [0.3, 0.4) is 0 Å². The third-order valence-electron chi connectivity index (χ3n) is 3.89. The summed E-state index contributed by atoms with van der Waals surface area (Å²) in [4.78, 5) is 8.27. The molecular weight excluding hydrogens is 271 g/mol. The van der Waals surface area contributed by atoms with Crippen LogP contribution >= 0.6 is 0 Å². The van der Waals surface area contributed by atoms with Crippen molar-refractivity contribution in [2.45, 2.75) is 31.5 Å². The quantitative estimate of drug-likeness (QED) is 0.937. The van der Waals surface area contributed by atoms with Crippen LogP contribution in [0.1, 0.15) is 36.9 Å². The van der Waals surface area contributed by atoms with Crippen molar-refractivity contribution >= 4 is 0 Å². The summed E-state index contributed by atoms with van der Waals surface area (Å²) in [5, 5.41) is 3.50. The molecule has 0 spiro atoms. The number of imidazole rings is 1. The zero-order valence-corrected chi connectivity index (χ0v) is 12.2. The van der Waals surface area contributed by atoms with Gasteiger partial charge in [-0.1, -0.05) is 0 Å². The normalized spacial score (nSPS) is 23.4. The highest BCUT2D eigenvalue weighted by molar-refractivity contribution is 5.15. The Hall–Kier alpha value is -1.79. The second kappa shape index (κ2) is 5.91. The lowest BCUT2D eigenvalue weighted by atomic mass is 10.1. The zero-order valence-electron chi connectivity index (χ0n) is 12.2. The molecule has 1 aliphatic heterocycles. The van der Waals surface area contributed by atoms with Gasteiger partial charge in [-0.2, -0.15) is 0 Å². The van der Waals surface area contributed by atoms with Gasteiger partial charge >= 0.3 is 0 Å². The van der Waals surface area contributed by atoms with Gasteiger partial charge in [0.15, 0.2) is 0 Å². The van der Waals surface area contributed by atoms with Gasteiger partial charge in [0.25, 0.3) is 0 Å². The molecule has 0 bridgehead atoms. The zero-order chi connectivity index (χ0) is 14.8. The minimum atomic E-state index is -0.315. The van der Waals surface area contributed by atoms with Crippen LogP contribution in [0.2, 0.25) is 0 Å². The van der Waals surface area contributed by atoms with Crippen LogP contribution in [0.5, 0.6) is 0 Å². The maximum Gasteiger partial charge on any atom is 0.141 e. The Morgan fingerprint density at radius 3 is 3.05 bits per heavy atom. The monoisotopic (exact) mass is 290 g/mol. The van der Waals surface area contributed by atoms with Crippen LogP contribution in [0.4, 0.5) is 4.39 Å². The summed E-state index contributed by atoms with van der Waals surface area (Å²) in [6.07, 6.45) is 7.42. The van der Waals surface area contributed by atoms with Crippen LogP contribution in [0, 0.1) is 5.82 Å². The van der Waals surface area contributed by atoms with Crippen molar-refractivity contribution in [2.75, 3.05) is 6.61 Å². The number of hydrogen-bond acceptors (Lipinski definition) is 4. The van der Waals surface area contributed by atoms with E-state index in [0.717, 1.165) is 17.8 Å². The minimum absolute atomic E-state index is 0.00247. The number of nitrogens with zero attached hydrogens (tertiary/aromatic N) is 3. The average molecular weight is 290 g/mol. The summed E-state index contributed by atoms with van der Waals surface area (Å²) in [7, 11) is 1.96. The molecule has 3 atom stereocenters. The first-order chi connectivity index (χ1) is 10.1. The van der Waals surface area contributed by atoms with E-state index in [9.17, 15) is 4.39 Å². The van der Waals surface area contributed by atoms with Gasteiger partial charge in [0, 0.05) is 44.3 Å². The van der Waals surface area contributed by atoms with Gasteiger partial charge in [0.1, 0.15) is 17.7 Å². The van der Waals surface area contributed by atoms with Gasteiger partial charge in [-0.15, -0.1) is 0 Å². The molecule has 1 saturated heterocycles. The van der Waals surface area contributed by atoms with Crippen molar-refractivity contribution in [1.82, 2.24) is 19.9 Å². The van der Waals surface area contributed by atoms with Crippen LogP contribution < -0.4 is 5.32 Å². The lowest BCUT2D eigenvalue weighted by molar-refractivity contribution is 0.0876. The van der Waals surface area contributed by atoms with Crippen LogP contribution in [-0.2, 0) is 11.8 Å². The van der Waals surface area contributed by atoms with E-state index < -0.39 is 0 Å². The lowest BCUT2D eigenvalue weighted by Crippen LogP contribution is -2.34. The fraction of sp³-hybridized carbons (Fsp3) is 0.467. The fourth-order valence-corrected chi connectivity index (χ4v) is 2.75. The Kier molecular flexibility index (Phi) is 3.98. The summed E-state index contributed by atoms with van der Waals surface area (Å²) in [6, 6.07) is 1.67. The molecule has 1 aliphatic rings. The summed E-state index contributed by atoms with van der Waals surface area (Å²) in [5.41, 5.74) is 0.834. The number of pyridine rings is 1.